The van der Waals surface area contributed by atoms with E-state index in [-0.39, 0.29) is 17.6 Å². The molecule has 0 saturated carbocycles. The number of fused-ring (bicyclic) bond motifs is 1. The number of benzene rings is 3. The Balaban J connectivity index is 1.28. The fourth-order valence-corrected chi connectivity index (χ4v) is 3.62. The van der Waals surface area contributed by atoms with Crippen LogP contribution in [0.5, 0.6) is 5.75 Å². The third kappa shape index (κ3) is 5.75. The molecule has 1 amide bonds. The lowest BCUT2D eigenvalue weighted by Gasteiger charge is -2.12. The van der Waals surface area contributed by atoms with Gasteiger partial charge in [0.05, 0.1) is 0 Å². The van der Waals surface area contributed by atoms with Crippen LogP contribution in [0.15, 0.2) is 65.1 Å². The molecule has 0 aliphatic heterocycles. The van der Waals surface area contributed by atoms with Crippen molar-refractivity contribution in [1.29, 1.82) is 0 Å². The summed E-state index contributed by atoms with van der Waals surface area (Å²) < 4.78 is 11.4. The molecule has 4 rings (SSSR count). The first-order valence-electron chi connectivity index (χ1n) is 10.6. The second kappa shape index (κ2) is 9.83. The minimum atomic E-state index is -0.323. The molecule has 0 atom stereocenters. The Morgan fingerprint density at radius 2 is 1.85 bits per heavy atom. The normalized spacial score (nSPS) is 10.8. The molecule has 7 heteroatoms. The third-order valence-corrected chi connectivity index (χ3v) is 5.53. The quantitative estimate of drug-likeness (QED) is 0.384. The zero-order valence-corrected chi connectivity index (χ0v) is 19.6. The Labute approximate surface area is 198 Å². The minimum absolute atomic E-state index is 0.116. The molecule has 0 radical (unpaired) electrons. The van der Waals surface area contributed by atoms with Crippen molar-refractivity contribution in [3.63, 3.8) is 0 Å². The van der Waals surface area contributed by atoms with E-state index in [2.05, 4.69) is 15.6 Å². The highest BCUT2D eigenvalue weighted by molar-refractivity contribution is 7.80. The van der Waals surface area contributed by atoms with E-state index in [0.717, 1.165) is 39.0 Å². The number of oxazole rings is 1. The van der Waals surface area contributed by atoms with Crippen LogP contribution in [0.25, 0.3) is 11.1 Å². The van der Waals surface area contributed by atoms with Gasteiger partial charge in [0.1, 0.15) is 11.3 Å². The van der Waals surface area contributed by atoms with E-state index in [9.17, 15) is 4.79 Å². The van der Waals surface area contributed by atoms with Gasteiger partial charge in [-0.05, 0) is 85.6 Å². The van der Waals surface area contributed by atoms with Gasteiger partial charge in [0, 0.05) is 12.1 Å². The average molecular weight is 460 g/mol. The van der Waals surface area contributed by atoms with Crippen LogP contribution in [0.3, 0.4) is 0 Å². The first-order valence-corrected chi connectivity index (χ1v) is 11.0. The van der Waals surface area contributed by atoms with Gasteiger partial charge >= 0.3 is 0 Å². The fraction of sp³-hybridized carbons (Fsp3) is 0.192. The molecule has 33 heavy (non-hydrogen) atoms. The largest absolute Gasteiger partial charge is 0.483 e. The number of ether oxygens (including phenoxy) is 1. The van der Waals surface area contributed by atoms with Gasteiger partial charge in [0.2, 0.25) is 0 Å². The van der Waals surface area contributed by atoms with Crippen molar-refractivity contribution in [3.8, 4) is 5.75 Å². The molecule has 0 spiro atoms. The van der Waals surface area contributed by atoms with Crippen LogP contribution >= 0.6 is 12.2 Å². The molecule has 0 aliphatic rings. The Morgan fingerprint density at radius 3 is 2.64 bits per heavy atom. The molecular weight excluding hydrogens is 434 g/mol. The van der Waals surface area contributed by atoms with Crippen LogP contribution in [0.1, 0.15) is 28.1 Å². The highest BCUT2D eigenvalue weighted by Gasteiger charge is 2.10. The highest BCUT2D eigenvalue weighted by atomic mass is 32.1. The van der Waals surface area contributed by atoms with E-state index < -0.39 is 0 Å². The van der Waals surface area contributed by atoms with Crippen molar-refractivity contribution in [2.24, 2.45) is 0 Å². The van der Waals surface area contributed by atoms with Gasteiger partial charge in [0.15, 0.2) is 23.2 Å². The maximum Gasteiger partial charge on any atom is 0.264 e. The van der Waals surface area contributed by atoms with Gasteiger partial charge in [-0.2, -0.15) is 0 Å². The molecule has 1 aromatic heterocycles. The molecule has 0 saturated heterocycles. The average Bonchev–Trinajstić information content (AvgIpc) is 3.17. The topological polar surface area (TPSA) is 76.4 Å². The van der Waals surface area contributed by atoms with Crippen molar-refractivity contribution in [1.82, 2.24) is 10.3 Å². The zero-order valence-electron chi connectivity index (χ0n) is 18.8. The van der Waals surface area contributed by atoms with Crippen LogP contribution in [0.4, 0.5) is 5.69 Å². The molecule has 0 fully saturated rings. The van der Waals surface area contributed by atoms with E-state index >= 15 is 0 Å². The monoisotopic (exact) mass is 459 g/mol. The number of anilines is 1. The van der Waals surface area contributed by atoms with Crippen LogP contribution in [-0.4, -0.2) is 22.6 Å². The summed E-state index contributed by atoms with van der Waals surface area (Å²) in [6, 6.07) is 19.4. The number of aromatic nitrogens is 1. The van der Waals surface area contributed by atoms with E-state index in [1.165, 1.54) is 0 Å². The van der Waals surface area contributed by atoms with Crippen molar-refractivity contribution in [2.45, 2.75) is 27.2 Å². The molecular formula is C26H25N3O3S. The predicted octanol–water partition coefficient (Wildman–Crippen LogP) is 5.24. The summed E-state index contributed by atoms with van der Waals surface area (Å²) in [7, 11) is 0. The Bertz CT molecular complexity index is 1310. The number of nitrogens with zero attached hydrogens (tertiary/aromatic N) is 1. The maximum atomic E-state index is 12.2. The summed E-state index contributed by atoms with van der Waals surface area (Å²) in [6.45, 7) is 5.88. The summed E-state index contributed by atoms with van der Waals surface area (Å²) in [5.41, 5.74) is 6.76. The Morgan fingerprint density at radius 1 is 1.06 bits per heavy atom. The van der Waals surface area contributed by atoms with Crippen LogP contribution in [0.2, 0.25) is 0 Å². The fourth-order valence-electron chi connectivity index (χ4n) is 3.39. The van der Waals surface area contributed by atoms with Gasteiger partial charge < -0.3 is 14.5 Å². The van der Waals surface area contributed by atoms with Crippen molar-refractivity contribution >= 4 is 40.0 Å². The lowest BCUT2D eigenvalue weighted by atomic mass is 10.1. The van der Waals surface area contributed by atoms with Crippen molar-refractivity contribution in [3.05, 3.63) is 88.8 Å². The molecule has 2 N–H and O–H groups in total. The van der Waals surface area contributed by atoms with E-state index in [0.29, 0.717) is 18.1 Å². The predicted molar refractivity (Wildman–Crippen MR) is 134 cm³/mol. The molecule has 1 heterocycles. The number of rotatable bonds is 6. The zero-order chi connectivity index (χ0) is 23.4. The van der Waals surface area contributed by atoms with Gasteiger partial charge in [-0.1, -0.05) is 30.3 Å². The second-order valence-electron chi connectivity index (χ2n) is 7.94. The molecule has 0 bridgehead atoms. The van der Waals surface area contributed by atoms with Crippen molar-refractivity contribution < 1.29 is 13.9 Å². The number of amides is 1. The van der Waals surface area contributed by atoms with Gasteiger partial charge in [-0.15, -0.1) is 0 Å². The number of carbonyl (C=O) groups is 1. The summed E-state index contributed by atoms with van der Waals surface area (Å²) in [6.07, 6.45) is 0.588. The smallest absolute Gasteiger partial charge is 0.264 e. The third-order valence-electron chi connectivity index (χ3n) is 5.32. The number of hydrogen-bond acceptors (Lipinski definition) is 5. The molecule has 4 aromatic rings. The van der Waals surface area contributed by atoms with Crippen molar-refractivity contribution in [2.75, 3.05) is 11.9 Å². The van der Waals surface area contributed by atoms with E-state index in [1.807, 2.05) is 81.4 Å². The Hall–Kier alpha value is -3.71. The molecule has 3 aromatic carbocycles. The van der Waals surface area contributed by atoms with Crippen LogP contribution < -0.4 is 15.4 Å². The first kappa shape index (κ1) is 22.5. The summed E-state index contributed by atoms with van der Waals surface area (Å²) >= 11 is 5.25. The summed E-state index contributed by atoms with van der Waals surface area (Å²) in [5, 5.41) is 5.87. The Kier molecular flexibility index (Phi) is 6.70. The van der Waals surface area contributed by atoms with E-state index in [4.69, 9.17) is 21.4 Å². The number of carbonyl (C=O) groups excluding carboxylic acids is 1. The summed E-state index contributed by atoms with van der Waals surface area (Å²) in [4.78, 5) is 16.7. The molecule has 0 aliphatic carbocycles. The number of aryl methyl sites for hydroxylation is 2. The van der Waals surface area contributed by atoms with E-state index in [1.54, 1.807) is 0 Å². The lowest BCUT2D eigenvalue weighted by Crippen LogP contribution is -2.37. The SMILES string of the molecule is Cc1ccc2oc(Cc3ccc(NC(=S)NC(=O)COc4cccc(C)c4C)cc3)nc2c1. The maximum absolute atomic E-state index is 12.2. The lowest BCUT2D eigenvalue weighted by molar-refractivity contribution is -0.121. The van der Waals surface area contributed by atoms with Gasteiger partial charge in [0.25, 0.3) is 5.91 Å². The number of nitrogens with one attached hydrogen (secondary N) is 2. The molecule has 168 valence electrons. The first-order chi connectivity index (χ1) is 15.9. The molecule has 0 unspecified atom stereocenters. The van der Waals surface area contributed by atoms with Crippen LogP contribution in [0, 0.1) is 20.8 Å². The number of hydrogen-bond donors (Lipinski definition) is 2. The van der Waals surface area contributed by atoms with Crippen LogP contribution in [-0.2, 0) is 11.2 Å². The summed E-state index contributed by atoms with van der Waals surface area (Å²) in [5.74, 6) is 1.04. The standard InChI is InChI=1S/C26H25N3O3S/c1-16-7-12-23-21(13-16)28-25(32-23)14-19-8-10-20(11-9-19)27-26(33)29-24(30)15-31-22-6-4-5-17(2)18(22)3/h4-13H,14-15H2,1-3H3,(H2,27,29,30,33). The van der Waals surface area contributed by atoms with Gasteiger partial charge in [-0.25, -0.2) is 4.98 Å². The van der Waals surface area contributed by atoms with Gasteiger partial charge in [-0.3, -0.25) is 10.1 Å². The highest BCUT2D eigenvalue weighted by Crippen LogP contribution is 2.21. The molecule has 6 nitrogen and oxygen atoms in total. The second-order valence-corrected chi connectivity index (χ2v) is 8.35. The number of thiocarbonyl (C=S) groups is 1. The minimum Gasteiger partial charge on any atom is -0.483 e.